The van der Waals surface area contributed by atoms with Gasteiger partial charge in [0.25, 0.3) is 0 Å². The molecule has 1 aliphatic rings. The van der Waals surface area contributed by atoms with E-state index in [-0.39, 0.29) is 5.82 Å². The van der Waals surface area contributed by atoms with E-state index in [0.29, 0.717) is 29.7 Å². The van der Waals surface area contributed by atoms with Gasteiger partial charge in [-0.25, -0.2) is 4.39 Å². The second kappa shape index (κ2) is 6.28. The number of nitrogens with one attached hydrogen (secondary N) is 1. The van der Waals surface area contributed by atoms with E-state index in [1.54, 1.807) is 6.07 Å². The van der Waals surface area contributed by atoms with E-state index in [2.05, 4.69) is 29.2 Å². The molecule has 1 fully saturated rings. The van der Waals surface area contributed by atoms with Gasteiger partial charge in [0.15, 0.2) is 0 Å². The van der Waals surface area contributed by atoms with E-state index in [1.165, 1.54) is 13.2 Å². The van der Waals surface area contributed by atoms with Crippen LogP contribution in [0.3, 0.4) is 0 Å². The summed E-state index contributed by atoms with van der Waals surface area (Å²) >= 11 is 0. The Morgan fingerprint density at radius 1 is 1.40 bits per heavy atom. The molecule has 6 heteroatoms. The van der Waals surface area contributed by atoms with Crippen molar-refractivity contribution < 1.29 is 9.13 Å². The maximum atomic E-state index is 13.9. The molecule has 3 N–H and O–H groups in total. The summed E-state index contributed by atoms with van der Waals surface area (Å²) in [4.78, 5) is 4.58. The highest BCUT2D eigenvalue weighted by molar-refractivity contribution is 5.62. The topological polar surface area (TPSA) is 53.8 Å². The molecule has 0 spiro atoms. The van der Waals surface area contributed by atoms with Crippen LogP contribution in [0.15, 0.2) is 12.1 Å². The number of rotatable bonds is 4. The van der Waals surface area contributed by atoms with Crippen LogP contribution in [-0.4, -0.2) is 63.2 Å². The maximum Gasteiger partial charge on any atom is 0.148 e. The van der Waals surface area contributed by atoms with Crippen LogP contribution in [0.4, 0.5) is 15.8 Å². The van der Waals surface area contributed by atoms with E-state index in [0.717, 1.165) is 19.6 Å². The zero-order chi connectivity index (χ0) is 14.7. The van der Waals surface area contributed by atoms with Crippen LogP contribution in [0.1, 0.15) is 0 Å². The van der Waals surface area contributed by atoms with E-state index >= 15 is 0 Å². The molecule has 0 amide bonds. The molecule has 5 nitrogen and oxygen atoms in total. The minimum absolute atomic E-state index is 0.310. The smallest absolute Gasteiger partial charge is 0.148 e. The number of nitrogen functional groups attached to an aromatic ring is 1. The molecule has 0 aliphatic carbocycles. The van der Waals surface area contributed by atoms with Crippen molar-refractivity contribution in [2.75, 3.05) is 58.4 Å². The highest BCUT2D eigenvalue weighted by atomic mass is 19.1. The van der Waals surface area contributed by atoms with Crippen molar-refractivity contribution in [3.63, 3.8) is 0 Å². The van der Waals surface area contributed by atoms with Gasteiger partial charge in [-0.05, 0) is 14.1 Å². The lowest BCUT2D eigenvalue weighted by molar-refractivity contribution is 0.122. The number of nitrogens with zero attached hydrogens (tertiary/aromatic N) is 2. The predicted octanol–water partition coefficient (Wildman–Crippen LogP) is 1.07. The standard InChI is InChI=1S/C14H23FN4O/c1-18-4-5-19(2)10(9-18)8-17-13-7-14(20-3)12(16)6-11(13)15/h6-7,10,17H,4-5,8-9,16H2,1-3H3. The van der Waals surface area contributed by atoms with E-state index in [9.17, 15) is 4.39 Å². The number of piperazine rings is 1. The molecule has 1 aliphatic heterocycles. The van der Waals surface area contributed by atoms with Crippen LogP contribution in [0.5, 0.6) is 5.75 Å². The number of halogens is 1. The van der Waals surface area contributed by atoms with Crippen molar-refractivity contribution in [2.24, 2.45) is 0 Å². The first-order valence-corrected chi connectivity index (χ1v) is 6.77. The van der Waals surface area contributed by atoms with Gasteiger partial charge in [0.1, 0.15) is 11.6 Å². The Bertz CT molecular complexity index is 469. The molecular weight excluding hydrogens is 259 g/mol. The van der Waals surface area contributed by atoms with Crippen molar-refractivity contribution in [1.82, 2.24) is 9.80 Å². The fraction of sp³-hybridized carbons (Fsp3) is 0.571. The Morgan fingerprint density at radius 2 is 2.15 bits per heavy atom. The second-order valence-corrected chi connectivity index (χ2v) is 5.35. The third-order valence-corrected chi connectivity index (χ3v) is 3.83. The van der Waals surface area contributed by atoms with Gasteiger partial charge in [-0.15, -0.1) is 0 Å². The van der Waals surface area contributed by atoms with Crippen LogP contribution in [0, 0.1) is 5.82 Å². The molecule has 0 bridgehead atoms. The third kappa shape index (κ3) is 3.32. The first kappa shape index (κ1) is 14.9. The Kier molecular flexibility index (Phi) is 4.67. The van der Waals surface area contributed by atoms with Crippen molar-refractivity contribution in [1.29, 1.82) is 0 Å². The Balaban J connectivity index is 2.03. The first-order chi connectivity index (χ1) is 9.51. The molecule has 2 rings (SSSR count). The molecule has 1 unspecified atom stereocenters. The number of likely N-dealkylation sites (N-methyl/N-ethyl adjacent to an activating group) is 2. The SMILES string of the molecule is COc1cc(NCC2CN(C)CCN2C)c(F)cc1N. The summed E-state index contributed by atoms with van der Waals surface area (Å²) in [6.07, 6.45) is 0. The molecule has 0 aromatic heterocycles. The summed E-state index contributed by atoms with van der Waals surface area (Å²) in [5.41, 5.74) is 6.41. The molecule has 1 aromatic rings. The largest absolute Gasteiger partial charge is 0.495 e. The lowest BCUT2D eigenvalue weighted by atomic mass is 10.1. The van der Waals surface area contributed by atoms with E-state index in [4.69, 9.17) is 10.5 Å². The zero-order valence-corrected chi connectivity index (χ0v) is 12.3. The van der Waals surface area contributed by atoms with Gasteiger partial charge >= 0.3 is 0 Å². The lowest BCUT2D eigenvalue weighted by Crippen LogP contribution is -2.52. The quantitative estimate of drug-likeness (QED) is 0.809. The average Bonchev–Trinajstić information content (AvgIpc) is 2.41. The first-order valence-electron chi connectivity index (χ1n) is 6.77. The van der Waals surface area contributed by atoms with Crippen molar-refractivity contribution in [3.05, 3.63) is 17.9 Å². The van der Waals surface area contributed by atoms with Crippen LogP contribution in [0.25, 0.3) is 0 Å². The minimum Gasteiger partial charge on any atom is -0.495 e. The summed E-state index contributed by atoms with van der Waals surface area (Å²) in [5, 5.41) is 3.16. The van der Waals surface area contributed by atoms with Crippen LogP contribution < -0.4 is 15.8 Å². The molecule has 20 heavy (non-hydrogen) atoms. The summed E-state index contributed by atoms with van der Waals surface area (Å²) in [6, 6.07) is 3.26. The molecule has 1 saturated heterocycles. The van der Waals surface area contributed by atoms with Crippen LogP contribution in [0.2, 0.25) is 0 Å². The number of ether oxygens (including phenoxy) is 1. The van der Waals surface area contributed by atoms with E-state index in [1.807, 2.05) is 0 Å². The monoisotopic (exact) mass is 282 g/mol. The average molecular weight is 282 g/mol. The number of benzene rings is 1. The molecule has 0 saturated carbocycles. The van der Waals surface area contributed by atoms with Crippen molar-refractivity contribution >= 4 is 11.4 Å². The Morgan fingerprint density at radius 3 is 2.85 bits per heavy atom. The van der Waals surface area contributed by atoms with Gasteiger partial charge in [-0.3, -0.25) is 4.90 Å². The van der Waals surface area contributed by atoms with Gasteiger partial charge in [0, 0.05) is 44.4 Å². The lowest BCUT2D eigenvalue weighted by Gasteiger charge is -2.37. The molecule has 1 atom stereocenters. The van der Waals surface area contributed by atoms with Crippen LogP contribution >= 0.6 is 0 Å². The predicted molar refractivity (Wildman–Crippen MR) is 79.8 cm³/mol. The summed E-state index contributed by atoms with van der Waals surface area (Å²) in [5.74, 6) is 0.137. The Hall–Kier alpha value is -1.53. The van der Waals surface area contributed by atoms with Crippen LogP contribution in [-0.2, 0) is 0 Å². The summed E-state index contributed by atoms with van der Waals surface area (Å²) in [6.45, 7) is 3.75. The molecular formula is C14H23FN4O. The van der Waals surface area contributed by atoms with Crippen molar-refractivity contribution in [2.45, 2.75) is 6.04 Å². The number of hydrogen-bond donors (Lipinski definition) is 2. The fourth-order valence-electron chi connectivity index (χ4n) is 2.43. The van der Waals surface area contributed by atoms with Gasteiger partial charge in [-0.1, -0.05) is 0 Å². The summed E-state index contributed by atoms with van der Waals surface area (Å²) in [7, 11) is 5.73. The minimum atomic E-state index is -0.352. The Labute approximate surface area is 119 Å². The maximum absolute atomic E-state index is 13.9. The second-order valence-electron chi connectivity index (χ2n) is 5.35. The molecule has 1 aromatic carbocycles. The fourth-order valence-corrected chi connectivity index (χ4v) is 2.43. The highest BCUT2D eigenvalue weighted by Crippen LogP contribution is 2.28. The van der Waals surface area contributed by atoms with Crippen molar-refractivity contribution in [3.8, 4) is 5.75 Å². The van der Waals surface area contributed by atoms with Gasteiger partial charge < -0.3 is 20.7 Å². The highest BCUT2D eigenvalue weighted by Gasteiger charge is 2.22. The normalized spacial score (nSPS) is 20.9. The number of anilines is 2. The van der Waals surface area contributed by atoms with Gasteiger partial charge in [-0.2, -0.15) is 0 Å². The van der Waals surface area contributed by atoms with E-state index < -0.39 is 0 Å². The molecule has 1 heterocycles. The molecule has 0 radical (unpaired) electrons. The molecule has 112 valence electrons. The number of nitrogens with two attached hydrogens (primary N) is 1. The third-order valence-electron chi connectivity index (χ3n) is 3.83. The number of hydrogen-bond acceptors (Lipinski definition) is 5. The summed E-state index contributed by atoms with van der Waals surface area (Å²) < 4.78 is 19.0. The van der Waals surface area contributed by atoms with Gasteiger partial charge in [0.2, 0.25) is 0 Å². The number of methoxy groups -OCH3 is 1. The zero-order valence-electron chi connectivity index (χ0n) is 12.3. The van der Waals surface area contributed by atoms with Gasteiger partial charge in [0.05, 0.1) is 18.5 Å².